The van der Waals surface area contributed by atoms with E-state index >= 15 is 4.39 Å². The van der Waals surface area contributed by atoms with Crippen LogP contribution in [0, 0.1) is 19.7 Å². The molecule has 0 unspecified atom stereocenters. The van der Waals surface area contributed by atoms with Crippen LogP contribution < -0.4 is 10.1 Å². The molecule has 0 saturated carbocycles. The van der Waals surface area contributed by atoms with Crippen molar-refractivity contribution in [2.45, 2.75) is 33.2 Å². The Kier molecular flexibility index (Phi) is 4.42. The molecule has 2 aromatic heterocycles. The van der Waals surface area contributed by atoms with Gasteiger partial charge in [-0.25, -0.2) is 16.8 Å². The molecule has 0 radical (unpaired) electrons. The minimum absolute atomic E-state index is 0.379. The van der Waals surface area contributed by atoms with Crippen molar-refractivity contribution in [3.05, 3.63) is 53.5 Å². The van der Waals surface area contributed by atoms with E-state index in [1.165, 1.54) is 23.3 Å². The predicted octanol–water partition coefficient (Wildman–Crippen LogP) is 4.12. The molecule has 8 nitrogen and oxygen atoms in total. The first-order valence-electron chi connectivity index (χ1n) is 10.4. The SMILES string of the molecule is COc1cc(-c2cc(F)c3c(c2C)-n2c(C)nnc2C(C)(C)N3)c2ccn(S(C)(=O)=O)c2c1. The molecule has 2 aromatic carbocycles. The van der Waals surface area contributed by atoms with Crippen LogP contribution in [0.25, 0.3) is 27.7 Å². The van der Waals surface area contributed by atoms with Gasteiger partial charge in [0.1, 0.15) is 17.4 Å². The van der Waals surface area contributed by atoms with Crippen LogP contribution in [0.15, 0.2) is 30.5 Å². The normalized spacial score (nSPS) is 14.6. The van der Waals surface area contributed by atoms with E-state index in [-0.39, 0.29) is 0 Å². The van der Waals surface area contributed by atoms with Crippen LogP contribution in [-0.2, 0) is 15.6 Å². The van der Waals surface area contributed by atoms with Gasteiger partial charge in [0.25, 0.3) is 0 Å². The Labute approximate surface area is 191 Å². The van der Waals surface area contributed by atoms with E-state index in [9.17, 15) is 8.42 Å². The summed E-state index contributed by atoms with van der Waals surface area (Å²) in [6.45, 7) is 7.60. The minimum Gasteiger partial charge on any atom is -0.497 e. The average molecular weight is 470 g/mol. The summed E-state index contributed by atoms with van der Waals surface area (Å²) < 4.78 is 48.8. The third-order valence-electron chi connectivity index (χ3n) is 6.18. The van der Waals surface area contributed by atoms with E-state index in [1.807, 2.05) is 32.3 Å². The van der Waals surface area contributed by atoms with Crippen molar-refractivity contribution in [1.29, 1.82) is 0 Å². The summed E-state index contributed by atoms with van der Waals surface area (Å²) in [6.07, 6.45) is 2.64. The molecule has 0 bridgehead atoms. The zero-order chi connectivity index (χ0) is 23.9. The Bertz CT molecular complexity index is 1570. The summed E-state index contributed by atoms with van der Waals surface area (Å²) in [5.74, 6) is 1.39. The number of methoxy groups -OCH3 is 1. The van der Waals surface area contributed by atoms with Crippen LogP contribution in [0.4, 0.5) is 10.1 Å². The Balaban J connectivity index is 1.87. The number of fused-ring (bicyclic) bond motifs is 4. The zero-order valence-corrected chi connectivity index (χ0v) is 20.0. The lowest BCUT2D eigenvalue weighted by atomic mass is 9.92. The number of rotatable bonds is 3. The van der Waals surface area contributed by atoms with E-state index in [1.54, 1.807) is 18.2 Å². The second kappa shape index (κ2) is 6.80. The second-order valence-electron chi connectivity index (χ2n) is 8.89. The smallest absolute Gasteiger partial charge is 0.236 e. The van der Waals surface area contributed by atoms with Crippen molar-refractivity contribution in [2.24, 2.45) is 0 Å². The molecule has 3 heterocycles. The fourth-order valence-corrected chi connectivity index (χ4v) is 5.43. The quantitative estimate of drug-likeness (QED) is 0.485. The van der Waals surface area contributed by atoms with Crippen LogP contribution in [0.5, 0.6) is 5.75 Å². The zero-order valence-electron chi connectivity index (χ0n) is 19.2. The maximum Gasteiger partial charge on any atom is 0.236 e. The van der Waals surface area contributed by atoms with Gasteiger partial charge in [0.2, 0.25) is 10.0 Å². The molecule has 0 atom stereocenters. The number of benzene rings is 2. The van der Waals surface area contributed by atoms with Crippen molar-refractivity contribution in [1.82, 2.24) is 18.7 Å². The summed E-state index contributed by atoms with van der Waals surface area (Å²) in [5.41, 5.74) is 2.97. The maximum absolute atomic E-state index is 15.6. The number of anilines is 1. The molecule has 10 heteroatoms. The van der Waals surface area contributed by atoms with Crippen LogP contribution in [0.1, 0.15) is 31.1 Å². The fraction of sp³-hybridized carbons (Fsp3) is 0.304. The third kappa shape index (κ3) is 3.04. The number of ether oxygens (including phenoxy) is 1. The molecule has 1 aliphatic rings. The van der Waals surface area contributed by atoms with Gasteiger partial charge in [-0.15, -0.1) is 10.2 Å². The molecule has 172 valence electrons. The molecule has 1 aliphatic heterocycles. The first kappa shape index (κ1) is 21.4. The van der Waals surface area contributed by atoms with Crippen molar-refractivity contribution < 1.29 is 17.5 Å². The summed E-state index contributed by atoms with van der Waals surface area (Å²) in [7, 11) is -2.03. The monoisotopic (exact) mass is 469 g/mol. The van der Waals surface area contributed by atoms with Gasteiger partial charge in [0, 0.05) is 17.6 Å². The lowest BCUT2D eigenvalue weighted by Crippen LogP contribution is -2.37. The lowest BCUT2D eigenvalue weighted by molar-refractivity contribution is 0.415. The van der Waals surface area contributed by atoms with Gasteiger partial charge in [-0.3, -0.25) is 4.57 Å². The topological polar surface area (TPSA) is 91.0 Å². The van der Waals surface area contributed by atoms with Crippen LogP contribution in [0.2, 0.25) is 0 Å². The number of aromatic nitrogens is 4. The Morgan fingerprint density at radius 3 is 2.52 bits per heavy atom. The predicted molar refractivity (Wildman–Crippen MR) is 125 cm³/mol. The number of halogens is 1. The number of hydrogen-bond donors (Lipinski definition) is 1. The number of aryl methyl sites for hydroxylation is 1. The largest absolute Gasteiger partial charge is 0.497 e. The fourth-order valence-electron chi connectivity index (χ4n) is 4.64. The van der Waals surface area contributed by atoms with Crippen LogP contribution >= 0.6 is 0 Å². The van der Waals surface area contributed by atoms with Gasteiger partial charge in [0.05, 0.1) is 35.8 Å². The third-order valence-corrected chi connectivity index (χ3v) is 7.21. The minimum atomic E-state index is -3.54. The highest BCUT2D eigenvalue weighted by Crippen LogP contribution is 2.45. The molecule has 5 rings (SSSR count). The molecule has 0 amide bonds. The van der Waals surface area contributed by atoms with E-state index in [0.29, 0.717) is 50.8 Å². The van der Waals surface area contributed by atoms with Gasteiger partial charge < -0.3 is 10.1 Å². The molecular weight excluding hydrogens is 445 g/mol. The van der Waals surface area contributed by atoms with Gasteiger partial charge in [-0.2, -0.15) is 0 Å². The summed E-state index contributed by atoms with van der Waals surface area (Å²) in [5, 5.41) is 12.5. The molecule has 0 saturated heterocycles. The van der Waals surface area contributed by atoms with Crippen LogP contribution in [-0.4, -0.2) is 40.5 Å². The van der Waals surface area contributed by atoms with Crippen molar-refractivity contribution in [2.75, 3.05) is 18.7 Å². The molecule has 0 fully saturated rings. The second-order valence-corrected chi connectivity index (χ2v) is 10.8. The first-order valence-corrected chi connectivity index (χ1v) is 12.2. The number of nitrogens with one attached hydrogen (secondary N) is 1. The molecule has 4 aromatic rings. The molecular formula is C23H24FN5O3S. The van der Waals surface area contributed by atoms with Crippen molar-refractivity contribution in [3.63, 3.8) is 0 Å². The van der Waals surface area contributed by atoms with E-state index in [0.717, 1.165) is 11.8 Å². The lowest BCUT2D eigenvalue weighted by Gasteiger charge is -2.35. The summed E-state index contributed by atoms with van der Waals surface area (Å²) >= 11 is 0. The molecule has 1 N–H and O–H groups in total. The first-order chi connectivity index (χ1) is 15.4. The van der Waals surface area contributed by atoms with E-state index in [4.69, 9.17) is 4.74 Å². The Morgan fingerprint density at radius 2 is 1.85 bits per heavy atom. The highest BCUT2D eigenvalue weighted by Gasteiger charge is 2.37. The number of hydrogen-bond acceptors (Lipinski definition) is 6. The summed E-state index contributed by atoms with van der Waals surface area (Å²) in [4.78, 5) is 0. The maximum atomic E-state index is 15.6. The Morgan fingerprint density at radius 1 is 1.12 bits per heavy atom. The highest BCUT2D eigenvalue weighted by atomic mass is 32.2. The summed E-state index contributed by atoms with van der Waals surface area (Å²) in [6, 6.07) is 6.66. The van der Waals surface area contributed by atoms with Crippen molar-refractivity contribution in [3.8, 4) is 22.6 Å². The van der Waals surface area contributed by atoms with E-state index in [2.05, 4.69) is 15.5 Å². The molecule has 0 spiro atoms. The van der Waals surface area contributed by atoms with E-state index < -0.39 is 21.4 Å². The van der Waals surface area contributed by atoms with Gasteiger partial charge in [0.15, 0.2) is 5.82 Å². The molecule has 33 heavy (non-hydrogen) atoms. The van der Waals surface area contributed by atoms with Gasteiger partial charge in [-0.1, -0.05) is 0 Å². The van der Waals surface area contributed by atoms with Gasteiger partial charge in [-0.05, 0) is 62.6 Å². The molecule has 0 aliphatic carbocycles. The van der Waals surface area contributed by atoms with Gasteiger partial charge >= 0.3 is 0 Å². The van der Waals surface area contributed by atoms with Crippen molar-refractivity contribution >= 4 is 26.6 Å². The average Bonchev–Trinajstić information content (AvgIpc) is 3.34. The van der Waals surface area contributed by atoms with Crippen LogP contribution in [0.3, 0.4) is 0 Å². The number of nitrogens with zero attached hydrogens (tertiary/aromatic N) is 4. The highest BCUT2D eigenvalue weighted by molar-refractivity contribution is 7.89. The standard InChI is InChI=1S/C23H24FN5O3S/c1-12-16(17-9-14(32-5)10-19-15(17)7-8-28(19)33(6,30)31)11-18(24)20-21(12)29-13(2)26-27-22(29)23(3,4)25-20/h7-11,25H,1-6H3. The Hall–Kier alpha value is -3.40.